The molecule has 1 aromatic rings. The Labute approximate surface area is 101 Å². The van der Waals surface area contributed by atoms with Crippen molar-refractivity contribution in [3.8, 4) is 0 Å². The summed E-state index contributed by atoms with van der Waals surface area (Å²) in [7, 11) is 0. The van der Waals surface area contributed by atoms with Crippen LogP contribution in [-0.2, 0) is 0 Å². The summed E-state index contributed by atoms with van der Waals surface area (Å²) >= 11 is 3.22. The van der Waals surface area contributed by atoms with E-state index in [9.17, 15) is 4.79 Å². The topological polar surface area (TPSA) is 101 Å². The molecule has 0 fully saturated rings. The lowest BCUT2D eigenvalue weighted by Gasteiger charge is -2.04. The monoisotopic (exact) mass is 286 g/mol. The third-order valence-electron chi connectivity index (χ3n) is 1.77. The number of amides is 1. The molecule has 0 saturated heterocycles. The minimum Gasteiger partial charge on any atom is -0.409 e. The lowest BCUT2D eigenvalue weighted by Crippen LogP contribution is -2.28. The van der Waals surface area contributed by atoms with Gasteiger partial charge in [0, 0.05) is 23.6 Å². The maximum absolute atomic E-state index is 11.6. The van der Waals surface area contributed by atoms with E-state index in [4.69, 9.17) is 10.9 Å². The normalized spacial score (nSPS) is 11.2. The fourth-order valence-corrected chi connectivity index (χ4v) is 1.43. The summed E-state index contributed by atoms with van der Waals surface area (Å²) in [5.41, 5.74) is 5.56. The number of nitrogens with zero attached hydrogens (tertiary/aromatic N) is 2. The molecule has 0 aliphatic carbocycles. The molecule has 0 bridgehead atoms. The van der Waals surface area contributed by atoms with Crippen molar-refractivity contribution in [2.24, 2.45) is 10.9 Å². The van der Waals surface area contributed by atoms with Gasteiger partial charge in [-0.3, -0.25) is 4.79 Å². The second kappa shape index (κ2) is 6.06. The molecule has 6 nitrogen and oxygen atoms in total. The van der Waals surface area contributed by atoms with Crippen molar-refractivity contribution in [1.29, 1.82) is 0 Å². The molecule has 16 heavy (non-hydrogen) atoms. The number of rotatable bonds is 4. The van der Waals surface area contributed by atoms with E-state index in [1.165, 1.54) is 6.20 Å². The predicted octanol–water partition coefficient (Wildman–Crippen LogP) is 0.710. The van der Waals surface area contributed by atoms with E-state index in [-0.39, 0.29) is 24.7 Å². The first kappa shape index (κ1) is 12.4. The molecule has 1 rings (SSSR count). The first-order valence-electron chi connectivity index (χ1n) is 4.50. The van der Waals surface area contributed by atoms with Crippen LogP contribution in [0.2, 0.25) is 0 Å². The number of hydrogen-bond donors (Lipinski definition) is 3. The molecule has 0 radical (unpaired) electrons. The lowest BCUT2D eigenvalue weighted by molar-refractivity contribution is 0.0949. The van der Waals surface area contributed by atoms with Gasteiger partial charge in [0.25, 0.3) is 5.91 Å². The zero-order valence-electron chi connectivity index (χ0n) is 8.35. The van der Waals surface area contributed by atoms with Crippen molar-refractivity contribution in [2.75, 3.05) is 6.54 Å². The summed E-state index contributed by atoms with van der Waals surface area (Å²) in [4.78, 5) is 15.5. The number of oxime groups is 1. The highest BCUT2D eigenvalue weighted by molar-refractivity contribution is 9.10. The molecule has 0 aromatic carbocycles. The first-order chi connectivity index (χ1) is 7.65. The Morgan fingerprint density at radius 1 is 1.69 bits per heavy atom. The number of halogens is 1. The van der Waals surface area contributed by atoms with Crippen LogP contribution in [0.3, 0.4) is 0 Å². The third-order valence-corrected chi connectivity index (χ3v) is 2.41. The van der Waals surface area contributed by atoms with Gasteiger partial charge in [-0.2, -0.15) is 0 Å². The van der Waals surface area contributed by atoms with Crippen LogP contribution in [0.4, 0.5) is 0 Å². The van der Waals surface area contributed by atoms with Crippen LogP contribution in [0, 0.1) is 0 Å². The van der Waals surface area contributed by atoms with Gasteiger partial charge in [0.05, 0.1) is 0 Å². The number of carbonyl (C=O) groups excluding carboxylic acids is 1. The van der Waals surface area contributed by atoms with Crippen molar-refractivity contribution in [2.45, 2.75) is 6.42 Å². The van der Waals surface area contributed by atoms with Crippen LogP contribution in [0.25, 0.3) is 0 Å². The summed E-state index contributed by atoms with van der Waals surface area (Å²) < 4.78 is 0.622. The van der Waals surface area contributed by atoms with Crippen molar-refractivity contribution >= 4 is 27.7 Å². The maximum Gasteiger partial charge on any atom is 0.271 e. The van der Waals surface area contributed by atoms with Gasteiger partial charge in [0.15, 0.2) is 0 Å². The van der Waals surface area contributed by atoms with Crippen LogP contribution in [0.1, 0.15) is 16.9 Å². The average Bonchev–Trinajstić information content (AvgIpc) is 2.29. The van der Waals surface area contributed by atoms with Gasteiger partial charge in [-0.15, -0.1) is 0 Å². The average molecular weight is 287 g/mol. The molecule has 0 atom stereocenters. The minimum absolute atomic E-state index is 0.0698. The molecule has 0 saturated carbocycles. The van der Waals surface area contributed by atoms with Gasteiger partial charge >= 0.3 is 0 Å². The smallest absolute Gasteiger partial charge is 0.271 e. The number of aromatic nitrogens is 1. The minimum atomic E-state index is -0.307. The number of nitrogens with one attached hydrogen (secondary N) is 1. The van der Waals surface area contributed by atoms with E-state index in [1.54, 1.807) is 12.1 Å². The van der Waals surface area contributed by atoms with Gasteiger partial charge in [-0.1, -0.05) is 5.16 Å². The van der Waals surface area contributed by atoms with E-state index >= 15 is 0 Å². The van der Waals surface area contributed by atoms with E-state index in [0.29, 0.717) is 10.2 Å². The Morgan fingerprint density at radius 2 is 2.44 bits per heavy atom. The summed E-state index contributed by atoms with van der Waals surface area (Å²) in [5, 5.41) is 13.7. The SMILES string of the molecule is N/C(CCNC(=O)c1ncccc1Br)=N/O. The molecular formula is C9H11BrN4O2. The second-order valence-corrected chi connectivity index (χ2v) is 3.79. The van der Waals surface area contributed by atoms with Crippen LogP contribution in [0.15, 0.2) is 28.0 Å². The summed E-state index contributed by atoms with van der Waals surface area (Å²) in [6.45, 7) is 0.289. The molecular weight excluding hydrogens is 276 g/mol. The summed E-state index contributed by atoms with van der Waals surface area (Å²) in [6, 6.07) is 3.45. The van der Waals surface area contributed by atoms with Crippen molar-refractivity contribution in [3.05, 3.63) is 28.5 Å². The Morgan fingerprint density at radius 3 is 3.06 bits per heavy atom. The highest BCUT2D eigenvalue weighted by Crippen LogP contribution is 2.12. The fourth-order valence-electron chi connectivity index (χ4n) is 0.991. The van der Waals surface area contributed by atoms with Gasteiger partial charge < -0.3 is 16.3 Å². The molecule has 1 aromatic heterocycles. The van der Waals surface area contributed by atoms with E-state index in [2.05, 4.69) is 31.4 Å². The second-order valence-electron chi connectivity index (χ2n) is 2.93. The number of pyridine rings is 1. The molecule has 4 N–H and O–H groups in total. The van der Waals surface area contributed by atoms with Gasteiger partial charge in [0.1, 0.15) is 11.5 Å². The predicted molar refractivity (Wildman–Crippen MR) is 62.3 cm³/mol. The molecule has 7 heteroatoms. The summed E-state index contributed by atoms with van der Waals surface area (Å²) in [5.74, 6) is -0.237. The number of nitrogens with two attached hydrogens (primary N) is 1. The standard InChI is InChI=1S/C9H11BrN4O2/c10-6-2-1-4-12-8(6)9(15)13-5-3-7(11)14-16/h1-2,4,16H,3,5H2,(H2,11,14)(H,13,15). The van der Waals surface area contributed by atoms with Crippen molar-refractivity contribution in [1.82, 2.24) is 10.3 Å². The highest BCUT2D eigenvalue weighted by Gasteiger charge is 2.10. The Balaban J connectivity index is 2.51. The first-order valence-corrected chi connectivity index (χ1v) is 5.29. The molecule has 0 spiro atoms. The Hall–Kier alpha value is -1.63. The zero-order valence-corrected chi connectivity index (χ0v) is 9.94. The zero-order chi connectivity index (χ0) is 12.0. The molecule has 0 aliphatic rings. The van der Waals surface area contributed by atoms with Gasteiger partial charge in [-0.05, 0) is 28.1 Å². The Kier molecular flexibility index (Phi) is 4.71. The number of carbonyl (C=O) groups is 1. The lowest BCUT2D eigenvalue weighted by atomic mass is 10.3. The van der Waals surface area contributed by atoms with Crippen LogP contribution in [-0.4, -0.2) is 28.5 Å². The van der Waals surface area contributed by atoms with Crippen molar-refractivity contribution in [3.63, 3.8) is 0 Å². The summed E-state index contributed by atoms with van der Waals surface area (Å²) in [6.07, 6.45) is 1.82. The van der Waals surface area contributed by atoms with Crippen molar-refractivity contribution < 1.29 is 10.0 Å². The molecule has 0 unspecified atom stereocenters. The van der Waals surface area contributed by atoms with Crippen LogP contribution >= 0.6 is 15.9 Å². The molecule has 1 amide bonds. The fraction of sp³-hybridized carbons (Fsp3) is 0.222. The van der Waals surface area contributed by atoms with Gasteiger partial charge in [0.2, 0.25) is 0 Å². The van der Waals surface area contributed by atoms with Crippen LogP contribution in [0.5, 0.6) is 0 Å². The molecule has 86 valence electrons. The van der Waals surface area contributed by atoms with Crippen LogP contribution < -0.4 is 11.1 Å². The Bertz CT molecular complexity index is 408. The molecule has 1 heterocycles. The highest BCUT2D eigenvalue weighted by atomic mass is 79.9. The third kappa shape index (κ3) is 3.50. The maximum atomic E-state index is 11.6. The van der Waals surface area contributed by atoms with E-state index < -0.39 is 0 Å². The van der Waals surface area contributed by atoms with E-state index in [1.807, 2.05) is 0 Å². The van der Waals surface area contributed by atoms with E-state index in [0.717, 1.165) is 0 Å². The number of amidine groups is 1. The quantitative estimate of drug-likeness (QED) is 0.328. The number of hydrogen-bond acceptors (Lipinski definition) is 4. The largest absolute Gasteiger partial charge is 0.409 e. The van der Waals surface area contributed by atoms with Gasteiger partial charge in [-0.25, -0.2) is 4.98 Å². The molecule has 0 aliphatic heterocycles.